The highest BCUT2D eigenvalue weighted by Gasteiger charge is 2.38. The Morgan fingerprint density at radius 1 is 1.22 bits per heavy atom. The Balaban J connectivity index is 2.86. The molecule has 1 aliphatic heterocycles. The maximum absolute atomic E-state index is 12.3. The Bertz CT molecular complexity index is 501. The van der Waals surface area contributed by atoms with Crippen molar-refractivity contribution in [3.8, 4) is 0 Å². The second kappa shape index (κ2) is 7.72. The zero-order chi connectivity index (χ0) is 17.8. The molecule has 0 spiro atoms. The summed E-state index contributed by atoms with van der Waals surface area (Å²) in [6, 6.07) is -0.812. The maximum atomic E-state index is 12.3. The third kappa shape index (κ3) is 5.78. The van der Waals surface area contributed by atoms with Crippen molar-refractivity contribution >= 4 is 35.1 Å². The lowest BCUT2D eigenvalue weighted by atomic mass is 10.1. The topological polar surface area (TPSA) is 76.2 Å². The number of esters is 1. The quantitative estimate of drug-likeness (QED) is 0.565. The Morgan fingerprint density at radius 2 is 1.83 bits per heavy atom. The van der Waals surface area contributed by atoms with Crippen molar-refractivity contribution in [2.45, 2.75) is 45.8 Å². The lowest BCUT2D eigenvalue weighted by Crippen LogP contribution is -2.60. The summed E-state index contributed by atoms with van der Waals surface area (Å²) in [5.74, 6) is -0.578. The van der Waals surface area contributed by atoms with Crippen LogP contribution in [0.4, 0.5) is 4.79 Å². The van der Waals surface area contributed by atoms with E-state index in [1.807, 2.05) is 0 Å². The monoisotopic (exact) mass is 344 g/mol. The van der Waals surface area contributed by atoms with E-state index in [1.54, 1.807) is 25.7 Å². The smallest absolute Gasteiger partial charge is 0.411 e. The maximum Gasteiger partial charge on any atom is 0.411 e. The summed E-state index contributed by atoms with van der Waals surface area (Å²) in [5.41, 5.74) is -0.654. The van der Waals surface area contributed by atoms with Crippen LogP contribution in [-0.2, 0) is 19.1 Å². The van der Waals surface area contributed by atoms with Crippen molar-refractivity contribution in [2.24, 2.45) is 0 Å². The molecule has 0 bridgehead atoms. The van der Waals surface area contributed by atoms with E-state index in [2.05, 4.69) is 0 Å². The number of carbonyl (C=O) groups excluding carboxylic acids is 3. The fraction of sp³-hybridized carbons (Fsp3) is 0.733. The van der Waals surface area contributed by atoms with Crippen LogP contribution < -0.4 is 0 Å². The van der Waals surface area contributed by atoms with E-state index in [4.69, 9.17) is 21.7 Å². The summed E-state index contributed by atoms with van der Waals surface area (Å²) in [6.45, 7) is 7.65. The van der Waals surface area contributed by atoms with Gasteiger partial charge < -0.3 is 14.4 Å². The highest BCUT2D eigenvalue weighted by Crippen LogP contribution is 2.18. The third-order valence-electron chi connectivity index (χ3n) is 3.23. The Labute approximate surface area is 141 Å². The van der Waals surface area contributed by atoms with Crippen LogP contribution in [0.3, 0.4) is 0 Å². The number of rotatable bonds is 3. The molecule has 0 aromatic rings. The normalized spacial score (nSPS) is 18.4. The Morgan fingerprint density at radius 3 is 2.30 bits per heavy atom. The Hall–Kier alpha value is -1.70. The minimum Gasteiger partial charge on any atom is -0.467 e. The van der Waals surface area contributed by atoms with Crippen LogP contribution in [0.5, 0.6) is 0 Å². The molecule has 130 valence electrons. The SMILES string of the molecule is COC(=O)[C@@H]1CN(C(=S)CC(C)=O)CCN1C(=O)OC(C)(C)C. The molecule has 0 aromatic carbocycles. The first-order valence-corrected chi connectivity index (χ1v) is 7.80. The first-order valence-electron chi connectivity index (χ1n) is 7.40. The second-order valence-corrected chi connectivity index (χ2v) is 6.90. The van der Waals surface area contributed by atoms with Crippen LogP contribution in [0, 0.1) is 0 Å². The number of piperazine rings is 1. The van der Waals surface area contributed by atoms with E-state index in [0.717, 1.165) is 0 Å². The number of hydrogen-bond donors (Lipinski definition) is 0. The van der Waals surface area contributed by atoms with E-state index in [-0.39, 0.29) is 25.3 Å². The molecule has 0 unspecified atom stereocenters. The standard InChI is InChI=1S/C15H24N2O5S/c1-10(18)8-12(23)16-6-7-17(11(9-16)13(19)21-5)14(20)22-15(2,3)4/h11H,6-9H2,1-5H3/t11-/m0/s1. The Kier molecular flexibility index (Phi) is 6.49. The largest absolute Gasteiger partial charge is 0.467 e. The summed E-state index contributed by atoms with van der Waals surface area (Å²) in [6.07, 6.45) is -0.416. The van der Waals surface area contributed by atoms with Crippen LogP contribution in [0.25, 0.3) is 0 Å². The van der Waals surface area contributed by atoms with Crippen molar-refractivity contribution in [2.75, 3.05) is 26.7 Å². The molecule has 0 saturated carbocycles. The van der Waals surface area contributed by atoms with E-state index >= 15 is 0 Å². The van der Waals surface area contributed by atoms with Gasteiger partial charge in [-0.25, -0.2) is 9.59 Å². The molecule has 23 heavy (non-hydrogen) atoms. The molecule has 1 amide bonds. The van der Waals surface area contributed by atoms with E-state index in [9.17, 15) is 14.4 Å². The average Bonchev–Trinajstić information content (AvgIpc) is 2.43. The predicted molar refractivity (Wildman–Crippen MR) is 88.2 cm³/mol. The van der Waals surface area contributed by atoms with Gasteiger partial charge in [-0.2, -0.15) is 0 Å². The van der Waals surface area contributed by atoms with Gasteiger partial charge in [-0.1, -0.05) is 12.2 Å². The molecule has 1 atom stereocenters. The first kappa shape index (κ1) is 19.3. The number of thiocarbonyl (C=S) groups is 1. The van der Waals surface area contributed by atoms with Gasteiger partial charge in [0.15, 0.2) is 6.04 Å². The molecule has 0 aromatic heterocycles. The van der Waals surface area contributed by atoms with Gasteiger partial charge in [-0.3, -0.25) is 9.69 Å². The van der Waals surface area contributed by atoms with E-state index < -0.39 is 23.7 Å². The lowest BCUT2D eigenvalue weighted by Gasteiger charge is -2.41. The zero-order valence-electron chi connectivity index (χ0n) is 14.2. The van der Waals surface area contributed by atoms with Crippen molar-refractivity contribution < 1.29 is 23.9 Å². The molecule has 0 radical (unpaired) electrons. The number of Topliss-reactive ketones (excluding diaryl/α,β-unsaturated/α-hetero) is 1. The third-order valence-corrected chi connectivity index (χ3v) is 3.64. The summed E-state index contributed by atoms with van der Waals surface area (Å²) < 4.78 is 10.1. The van der Waals surface area contributed by atoms with Crippen LogP contribution in [0.1, 0.15) is 34.1 Å². The van der Waals surface area contributed by atoms with Crippen molar-refractivity contribution in [1.29, 1.82) is 0 Å². The molecule has 8 heteroatoms. The van der Waals surface area contributed by atoms with Gasteiger partial charge in [-0.05, 0) is 27.7 Å². The van der Waals surface area contributed by atoms with Gasteiger partial charge in [0, 0.05) is 19.6 Å². The summed E-state index contributed by atoms with van der Waals surface area (Å²) in [5, 5.41) is 0. The highest BCUT2D eigenvalue weighted by atomic mass is 32.1. The molecule has 0 aliphatic carbocycles. The number of ether oxygens (including phenoxy) is 2. The number of methoxy groups -OCH3 is 1. The minimum atomic E-state index is -0.812. The zero-order valence-corrected chi connectivity index (χ0v) is 15.1. The molecule has 1 saturated heterocycles. The van der Waals surface area contributed by atoms with Crippen molar-refractivity contribution in [3.05, 3.63) is 0 Å². The molecular formula is C15H24N2O5S. The van der Waals surface area contributed by atoms with Gasteiger partial charge >= 0.3 is 12.1 Å². The van der Waals surface area contributed by atoms with Crippen molar-refractivity contribution in [3.63, 3.8) is 0 Å². The van der Waals surface area contributed by atoms with Crippen LogP contribution in [-0.4, -0.2) is 71.0 Å². The molecule has 7 nitrogen and oxygen atoms in total. The molecule has 1 aliphatic rings. The number of nitrogens with zero attached hydrogens (tertiary/aromatic N) is 2. The lowest BCUT2D eigenvalue weighted by molar-refractivity contribution is -0.148. The van der Waals surface area contributed by atoms with E-state index in [1.165, 1.54) is 18.9 Å². The summed E-state index contributed by atoms with van der Waals surface area (Å²) >= 11 is 5.24. The van der Waals surface area contributed by atoms with E-state index in [0.29, 0.717) is 11.5 Å². The number of hydrogen-bond acceptors (Lipinski definition) is 6. The number of amides is 1. The minimum absolute atomic E-state index is 0.0424. The van der Waals surface area contributed by atoms with Crippen LogP contribution >= 0.6 is 12.2 Å². The van der Waals surface area contributed by atoms with Gasteiger partial charge in [0.2, 0.25) is 0 Å². The van der Waals surface area contributed by atoms with Gasteiger partial charge in [0.1, 0.15) is 11.4 Å². The number of carbonyl (C=O) groups is 3. The molecule has 0 N–H and O–H groups in total. The average molecular weight is 344 g/mol. The second-order valence-electron chi connectivity index (χ2n) is 6.43. The molecule has 1 heterocycles. The van der Waals surface area contributed by atoms with Crippen molar-refractivity contribution in [1.82, 2.24) is 9.80 Å². The number of ketones is 1. The van der Waals surface area contributed by atoms with Crippen LogP contribution in [0.2, 0.25) is 0 Å². The fourth-order valence-corrected chi connectivity index (χ4v) is 2.58. The van der Waals surface area contributed by atoms with Gasteiger partial charge in [-0.15, -0.1) is 0 Å². The predicted octanol–water partition coefficient (Wildman–Crippen LogP) is 1.39. The summed E-state index contributed by atoms with van der Waals surface area (Å²) in [4.78, 5) is 39.1. The highest BCUT2D eigenvalue weighted by molar-refractivity contribution is 7.80. The molecular weight excluding hydrogens is 320 g/mol. The van der Waals surface area contributed by atoms with Gasteiger partial charge in [0.05, 0.1) is 18.5 Å². The molecule has 1 fully saturated rings. The van der Waals surface area contributed by atoms with Crippen LogP contribution in [0.15, 0.2) is 0 Å². The first-order chi connectivity index (χ1) is 10.5. The fourth-order valence-electron chi connectivity index (χ4n) is 2.21. The molecule has 1 rings (SSSR count). The summed E-state index contributed by atoms with van der Waals surface area (Å²) in [7, 11) is 1.27. The van der Waals surface area contributed by atoms with Gasteiger partial charge in [0.25, 0.3) is 0 Å².